The van der Waals surface area contributed by atoms with Crippen LogP contribution in [0.5, 0.6) is 0 Å². The summed E-state index contributed by atoms with van der Waals surface area (Å²) in [6.07, 6.45) is 5.12. The van der Waals surface area contributed by atoms with Crippen LogP contribution < -0.4 is 11.1 Å². The van der Waals surface area contributed by atoms with Crippen LogP contribution in [-0.4, -0.2) is 24.0 Å². The van der Waals surface area contributed by atoms with Crippen LogP contribution in [0.1, 0.15) is 21.5 Å². The first-order chi connectivity index (χ1) is 9.79. The second-order valence-corrected chi connectivity index (χ2v) is 4.61. The molecule has 0 atom stereocenters. The lowest BCUT2D eigenvalue weighted by Crippen LogP contribution is -2.25. The number of nitrogens with zero attached hydrogens (tertiary/aromatic N) is 1. The smallest absolute Gasteiger partial charge is 0.251 e. The third-order valence-corrected chi connectivity index (χ3v) is 3.04. The van der Waals surface area contributed by atoms with E-state index in [1.54, 1.807) is 6.20 Å². The van der Waals surface area contributed by atoms with Gasteiger partial charge in [0.1, 0.15) is 0 Å². The molecule has 0 saturated heterocycles. The maximum atomic E-state index is 12.0. The Labute approximate surface area is 119 Å². The minimum atomic E-state index is -0.0484. The van der Waals surface area contributed by atoms with Gasteiger partial charge in [-0.05, 0) is 48.7 Å². The highest BCUT2D eigenvalue weighted by atomic mass is 16.1. The van der Waals surface area contributed by atoms with Crippen LogP contribution in [0.2, 0.25) is 0 Å². The molecule has 1 aromatic carbocycles. The summed E-state index contributed by atoms with van der Waals surface area (Å²) in [7, 11) is 0. The van der Waals surface area contributed by atoms with Crippen LogP contribution in [0, 0.1) is 0 Å². The fourth-order valence-electron chi connectivity index (χ4n) is 2.00. The van der Waals surface area contributed by atoms with Crippen molar-refractivity contribution in [1.82, 2.24) is 10.3 Å². The lowest BCUT2D eigenvalue weighted by molar-refractivity contribution is 0.0954. The summed E-state index contributed by atoms with van der Waals surface area (Å²) in [6.45, 7) is 1.19. The van der Waals surface area contributed by atoms with E-state index in [0.29, 0.717) is 18.7 Å². The van der Waals surface area contributed by atoms with E-state index in [2.05, 4.69) is 10.3 Å². The van der Waals surface area contributed by atoms with Crippen molar-refractivity contribution in [3.63, 3.8) is 0 Å². The molecule has 0 fully saturated rings. The lowest BCUT2D eigenvalue weighted by atomic mass is 10.1. The number of pyridine rings is 1. The second kappa shape index (κ2) is 7.40. The zero-order chi connectivity index (χ0) is 14.2. The lowest BCUT2D eigenvalue weighted by Gasteiger charge is -2.06. The molecule has 0 aliphatic rings. The van der Waals surface area contributed by atoms with E-state index < -0.39 is 0 Å². The molecule has 1 amide bonds. The van der Waals surface area contributed by atoms with Gasteiger partial charge in [0, 0.05) is 24.5 Å². The fourth-order valence-corrected chi connectivity index (χ4v) is 2.00. The molecule has 4 heteroatoms. The molecule has 0 aliphatic heterocycles. The summed E-state index contributed by atoms with van der Waals surface area (Å²) >= 11 is 0. The molecule has 0 bridgehead atoms. The van der Waals surface area contributed by atoms with Crippen LogP contribution >= 0.6 is 0 Å². The number of hydrogen-bond donors (Lipinski definition) is 2. The topological polar surface area (TPSA) is 68.0 Å². The van der Waals surface area contributed by atoms with Crippen molar-refractivity contribution in [2.24, 2.45) is 5.73 Å². The van der Waals surface area contributed by atoms with Gasteiger partial charge in [0.25, 0.3) is 5.91 Å². The average Bonchev–Trinajstić information content (AvgIpc) is 2.49. The first-order valence-corrected chi connectivity index (χ1v) is 6.75. The number of rotatable bonds is 6. The molecule has 3 N–H and O–H groups in total. The maximum absolute atomic E-state index is 12.0. The number of amides is 1. The van der Waals surface area contributed by atoms with Crippen molar-refractivity contribution in [3.8, 4) is 0 Å². The molecule has 20 heavy (non-hydrogen) atoms. The van der Waals surface area contributed by atoms with Gasteiger partial charge in [0.15, 0.2) is 0 Å². The Bertz CT molecular complexity index is 555. The molecule has 2 aromatic rings. The predicted molar refractivity (Wildman–Crippen MR) is 79.5 cm³/mol. The van der Waals surface area contributed by atoms with Crippen LogP contribution in [0.3, 0.4) is 0 Å². The van der Waals surface area contributed by atoms with Crippen LogP contribution in [0.25, 0.3) is 0 Å². The van der Waals surface area contributed by atoms with E-state index in [0.717, 1.165) is 24.0 Å². The van der Waals surface area contributed by atoms with Crippen molar-refractivity contribution in [2.45, 2.75) is 12.8 Å². The molecule has 0 aliphatic carbocycles. The SMILES string of the molecule is NCCc1cccc(C(=O)NCCc2cccnc2)c1. The Hall–Kier alpha value is -2.20. The number of nitrogens with two attached hydrogens (primary N) is 1. The minimum Gasteiger partial charge on any atom is -0.352 e. The molecule has 0 radical (unpaired) electrons. The van der Waals surface area contributed by atoms with E-state index in [-0.39, 0.29) is 5.91 Å². The third-order valence-electron chi connectivity index (χ3n) is 3.04. The normalized spacial score (nSPS) is 10.2. The van der Waals surface area contributed by atoms with E-state index in [4.69, 9.17) is 5.73 Å². The number of nitrogens with one attached hydrogen (secondary N) is 1. The Morgan fingerprint density at radius 1 is 1.15 bits per heavy atom. The molecule has 104 valence electrons. The molecule has 0 saturated carbocycles. The molecular weight excluding hydrogens is 250 g/mol. The van der Waals surface area contributed by atoms with Gasteiger partial charge in [0.05, 0.1) is 0 Å². The molecular formula is C16H19N3O. The van der Waals surface area contributed by atoms with E-state index in [1.165, 1.54) is 0 Å². The Morgan fingerprint density at radius 3 is 2.75 bits per heavy atom. The van der Waals surface area contributed by atoms with Crippen molar-refractivity contribution >= 4 is 5.91 Å². The highest BCUT2D eigenvalue weighted by molar-refractivity contribution is 5.94. The summed E-state index contributed by atoms with van der Waals surface area (Å²) < 4.78 is 0. The Kier molecular flexibility index (Phi) is 5.26. The van der Waals surface area contributed by atoms with Crippen LogP contribution in [0.4, 0.5) is 0 Å². The van der Waals surface area contributed by atoms with E-state index >= 15 is 0 Å². The molecule has 1 heterocycles. The molecule has 0 spiro atoms. The number of carbonyl (C=O) groups is 1. The first-order valence-electron chi connectivity index (χ1n) is 6.75. The minimum absolute atomic E-state index is 0.0484. The summed E-state index contributed by atoms with van der Waals surface area (Å²) in [5.74, 6) is -0.0484. The fraction of sp³-hybridized carbons (Fsp3) is 0.250. The van der Waals surface area contributed by atoms with Gasteiger partial charge in [0.2, 0.25) is 0 Å². The number of hydrogen-bond acceptors (Lipinski definition) is 3. The number of aromatic nitrogens is 1. The predicted octanol–water partition coefficient (Wildman–Crippen LogP) is 1.56. The number of benzene rings is 1. The van der Waals surface area contributed by atoms with E-state index in [1.807, 2.05) is 42.6 Å². The van der Waals surface area contributed by atoms with Gasteiger partial charge in [-0.3, -0.25) is 9.78 Å². The summed E-state index contributed by atoms with van der Waals surface area (Å²) in [4.78, 5) is 16.1. The highest BCUT2D eigenvalue weighted by Gasteiger charge is 2.05. The first kappa shape index (κ1) is 14.2. The van der Waals surface area contributed by atoms with Crippen LogP contribution in [0.15, 0.2) is 48.8 Å². The van der Waals surface area contributed by atoms with Crippen molar-refractivity contribution in [1.29, 1.82) is 0 Å². The van der Waals surface area contributed by atoms with Gasteiger partial charge in [-0.15, -0.1) is 0 Å². The van der Waals surface area contributed by atoms with E-state index in [9.17, 15) is 4.79 Å². The molecule has 2 rings (SSSR count). The van der Waals surface area contributed by atoms with Gasteiger partial charge in [-0.1, -0.05) is 18.2 Å². The molecule has 4 nitrogen and oxygen atoms in total. The van der Waals surface area contributed by atoms with Gasteiger partial charge in [-0.25, -0.2) is 0 Å². The second-order valence-electron chi connectivity index (χ2n) is 4.61. The average molecular weight is 269 g/mol. The largest absolute Gasteiger partial charge is 0.352 e. The molecule has 1 aromatic heterocycles. The van der Waals surface area contributed by atoms with Gasteiger partial charge >= 0.3 is 0 Å². The zero-order valence-electron chi connectivity index (χ0n) is 11.4. The van der Waals surface area contributed by atoms with Crippen LogP contribution in [-0.2, 0) is 12.8 Å². The Morgan fingerprint density at radius 2 is 2.00 bits per heavy atom. The standard InChI is InChI=1S/C16H19N3O/c17-8-6-13-3-1-5-15(11-13)16(20)19-10-7-14-4-2-9-18-12-14/h1-5,9,11-12H,6-8,10,17H2,(H,19,20). The zero-order valence-corrected chi connectivity index (χ0v) is 11.4. The van der Waals surface area contributed by atoms with Gasteiger partial charge in [-0.2, -0.15) is 0 Å². The quantitative estimate of drug-likeness (QED) is 0.836. The summed E-state index contributed by atoms with van der Waals surface area (Å²) in [5, 5.41) is 2.92. The van der Waals surface area contributed by atoms with Crippen molar-refractivity contribution in [2.75, 3.05) is 13.1 Å². The Balaban J connectivity index is 1.87. The third kappa shape index (κ3) is 4.17. The summed E-state index contributed by atoms with van der Waals surface area (Å²) in [5.41, 5.74) is 8.41. The van der Waals surface area contributed by atoms with Crippen molar-refractivity contribution in [3.05, 3.63) is 65.5 Å². The monoisotopic (exact) mass is 269 g/mol. The number of carbonyl (C=O) groups excluding carboxylic acids is 1. The maximum Gasteiger partial charge on any atom is 0.251 e. The highest BCUT2D eigenvalue weighted by Crippen LogP contribution is 2.06. The van der Waals surface area contributed by atoms with Crippen molar-refractivity contribution < 1.29 is 4.79 Å². The summed E-state index contributed by atoms with van der Waals surface area (Å²) in [6, 6.07) is 11.5. The van der Waals surface area contributed by atoms with Gasteiger partial charge < -0.3 is 11.1 Å². The molecule has 0 unspecified atom stereocenters.